The van der Waals surface area contributed by atoms with E-state index in [0.29, 0.717) is 25.8 Å². The number of amides is 3. The molecule has 3 amide bonds. The Labute approximate surface area is 192 Å². The molecule has 3 spiro atoms. The molecule has 6 aliphatic heterocycles. The number of ether oxygens (including phenoxy) is 1. The summed E-state index contributed by atoms with van der Waals surface area (Å²) in [4.78, 5) is 43.0. The van der Waals surface area contributed by atoms with Gasteiger partial charge in [-0.3, -0.25) is 14.4 Å². The van der Waals surface area contributed by atoms with E-state index in [1.807, 2.05) is 43.0 Å². The second kappa shape index (κ2) is 5.29. The molecule has 7 aliphatic rings. The second-order valence-electron chi connectivity index (χ2n) is 12.0. The van der Waals surface area contributed by atoms with Gasteiger partial charge in [0.25, 0.3) is 0 Å². The Morgan fingerprint density at radius 2 is 1.88 bits per heavy atom. The molecule has 1 saturated carbocycles. The summed E-state index contributed by atoms with van der Waals surface area (Å²) in [5, 5.41) is 6.36. The van der Waals surface area contributed by atoms with Crippen LogP contribution in [-0.4, -0.2) is 45.8 Å². The van der Waals surface area contributed by atoms with E-state index < -0.39 is 27.5 Å². The fourth-order valence-corrected chi connectivity index (χ4v) is 8.24. The summed E-state index contributed by atoms with van der Waals surface area (Å²) in [5.74, 6) is 0.523. The molecular formula is C26H29N3O4. The lowest BCUT2D eigenvalue weighted by Crippen LogP contribution is -2.81. The number of carbonyl (C=O) groups is 3. The minimum atomic E-state index is -1.03. The Bertz CT molecular complexity index is 1230. The highest BCUT2D eigenvalue weighted by atomic mass is 16.5. The maximum atomic E-state index is 13.9. The smallest absolute Gasteiger partial charge is 0.249 e. The third kappa shape index (κ3) is 1.87. The predicted molar refractivity (Wildman–Crippen MR) is 122 cm³/mol. The molecule has 2 bridgehead atoms. The predicted octanol–water partition coefficient (Wildman–Crippen LogP) is 2.74. The summed E-state index contributed by atoms with van der Waals surface area (Å²) in [6, 6.07) is 3.95. The van der Waals surface area contributed by atoms with Gasteiger partial charge in [-0.05, 0) is 68.7 Å². The summed E-state index contributed by atoms with van der Waals surface area (Å²) in [5.41, 5.74) is -1.06. The number of piperazine rings is 1. The standard InChI is InChI=1S/C26H29N3O4/c1-22(2)10-8-14-16(33-22)7-6-15-18(14)27-20(31)25(15)13-26-17(23(25,3)4)12-24(19(30)28-26)9-5-11-29(24)21(26)32/h6-8,10,17H,5,9,11-13H2,1-4H3,(H,27,31)(H,28,30)/t17-,24+,25+,26?/m1/s1. The van der Waals surface area contributed by atoms with Crippen LogP contribution in [0.4, 0.5) is 5.69 Å². The van der Waals surface area contributed by atoms with Crippen molar-refractivity contribution >= 4 is 29.5 Å². The zero-order chi connectivity index (χ0) is 23.2. The van der Waals surface area contributed by atoms with Gasteiger partial charge in [0.1, 0.15) is 22.4 Å². The third-order valence-electron chi connectivity index (χ3n) is 9.84. The van der Waals surface area contributed by atoms with Gasteiger partial charge in [0.2, 0.25) is 17.7 Å². The van der Waals surface area contributed by atoms with Crippen molar-refractivity contribution in [1.82, 2.24) is 10.2 Å². The Hall–Kier alpha value is -2.83. The molecule has 1 aromatic rings. The second-order valence-corrected chi connectivity index (χ2v) is 12.0. The lowest BCUT2D eigenvalue weighted by Gasteiger charge is -2.59. The van der Waals surface area contributed by atoms with Crippen molar-refractivity contribution in [2.75, 3.05) is 11.9 Å². The first-order chi connectivity index (χ1) is 15.5. The Morgan fingerprint density at radius 1 is 1.09 bits per heavy atom. The molecule has 4 saturated heterocycles. The van der Waals surface area contributed by atoms with E-state index in [0.717, 1.165) is 29.0 Å². The van der Waals surface area contributed by atoms with Gasteiger partial charge >= 0.3 is 0 Å². The molecule has 6 heterocycles. The molecule has 5 fully saturated rings. The van der Waals surface area contributed by atoms with E-state index in [1.165, 1.54) is 0 Å². The van der Waals surface area contributed by atoms with E-state index in [9.17, 15) is 14.4 Å². The monoisotopic (exact) mass is 447 g/mol. The van der Waals surface area contributed by atoms with Crippen molar-refractivity contribution in [1.29, 1.82) is 0 Å². The summed E-state index contributed by atoms with van der Waals surface area (Å²) in [6.45, 7) is 8.86. The lowest BCUT2D eigenvalue weighted by atomic mass is 9.57. The largest absolute Gasteiger partial charge is 0.483 e. The zero-order valence-electron chi connectivity index (χ0n) is 19.5. The van der Waals surface area contributed by atoms with Crippen LogP contribution in [0.3, 0.4) is 0 Å². The van der Waals surface area contributed by atoms with Crippen molar-refractivity contribution < 1.29 is 19.1 Å². The number of carbonyl (C=O) groups excluding carboxylic acids is 3. The number of rotatable bonds is 0. The topological polar surface area (TPSA) is 87.7 Å². The fraction of sp³-hybridized carbons (Fsp3) is 0.577. The quantitative estimate of drug-likeness (QED) is 0.640. The highest BCUT2D eigenvalue weighted by molar-refractivity contribution is 6.12. The Morgan fingerprint density at radius 3 is 2.67 bits per heavy atom. The van der Waals surface area contributed by atoms with Gasteiger partial charge in [-0.1, -0.05) is 19.9 Å². The van der Waals surface area contributed by atoms with Crippen molar-refractivity contribution in [2.45, 2.75) is 75.5 Å². The SMILES string of the molecule is CC1(C)C=Cc2c(ccc3c2NC(=O)[C@]32CC34NC(=O)[C@]5(CCCN5C3=O)C[C@@H]4C2(C)C)O1. The van der Waals surface area contributed by atoms with E-state index in [-0.39, 0.29) is 23.6 Å². The summed E-state index contributed by atoms with van der Waals surface area (Å²) in [6.07, 6.45) is 6.51. The number of nitrogens with zero attached hydrogens (tertiary/aromatic N) is 1. The van der Waals surface area contributed by atoms with Gasteiger partial charge in [-0.2, -0.15) is 0 Å². The number of nitrogens with one attached hydrogen (secondary N) is 2. The van der Waals surface area contributed by atoms with Gasteiger partial charge < -0.3 is 20.3 Å². The van der Waals surface area contributed by atoms with Crippen molar-refractivity contribution in [2.24, 2.45) is 11.3 Å². The van der Waals surface area contributed by atoms with Crippen LogP contribution >= 0.6 is 0 Å². The first-order valence-electron chi connectivity index (χ1n) is 12.0. The number of anilines is 1. The molecule has 33 heavy (non-hydrogen) atoms. The van der Waals surface area contributed by atoms with E-state index in [2.05, 4.69) is 24.5 Å². The number of piperidine rings is 2. The molecular weight excluding hydrogens is 418 g/mol. The van der Waals surface area contributed by atoms with Crippen LogP contribution in [-0.2, 0) is 19.8 Å². The highest BCUT2D eigenvalue weighted by Gasteiger charge is 2.80. The van der Waals surface area contributed by atoms with E-state index in [1.54, 1.807) is 0 Å². The van der Waals surface area contributed by atoms with Gasteiger partial charge in [0, 0.05) is 18.0 Å². The van der Waals surface area contributed by atoms with Crippen LogP contribution in [0.15, 0.2) is 18.2 Å². The van der Waals surface area contributed by atoms with Gasteiger partial charge in [0.15, 0.2) is 0 Å². The number of hydrogen-bond acceptors (Lipinski definition) is 4. The molecule has 172 valence electrons. The molecule has 7 nitrogen and oxygen atoms in total. The average Bonchev–Trinajstić information content (AvgIpc) is 3.35. The third-order valence-corrected chi connectivity index (χ3v) is 9.84. The normalized spacial score (nSPS) is 40.2. The minimum Gasteiger partial charge on any atom is -0.483 e. The van der Waals surface area contributed by atoms with Crippen molar-refractivity contribution in [3.8, 4) is 5.75 Å². The molecule has 1 aromatic carbocycles. The van der Waals surface area contributed by atoms with Crippen molar-refractivity contribution in [3.05, 3.63) is 29.3 Å². The molecule has 8 rings (SSSR count). The summed E-state index contributed by atoms with van der Waals surface area (Å²) < 4.78 is 6.15. The minimum absolute atomic E-state index is 0.00462. The number of fused-ring (bicyclic) bond motifs is 5. The van der Waals surface area contributed by atoms with Gasteiger partial charge in [0.05, 0.1) is 11.1 Å². The summed E-state index contributed by atoms with van der Waals surface area (Å²) >= 11 is 0. The average molecular weight is 448 g/mol. The molecule has 1 unspecified atom stereocenters. The van der Waals surface area contributed by atoms with Crippen molar-refractivity contribution in [3.63, 3.8) is 0 Å². The number of benzene rings is 1. The Balaban J connectivity index is 1.43. The maximum absolute atomic E-state index is 13.9. The number of hydrogen-bond donors (Lipinski definition) is 2. The van der Waals surface area contributed by atoms with E-state index in [4.69, 9.17) is 4.74 Å². The first-order valence-corrected chi connectivity index (χ1v) is 12.0. The van der Waals surface area contributed by atoms with Crippen LogP contribution in [0, 0.1) is 11.3 Å². The summed E-state index contributed by atoms with van der Waals surface area (Å²) in [7, 11) is 0. The van der Waals surface area contributed by atoms with Crippen LogP contribution < -0.4 is 15.4 Å². The van der Waals surface area contributed by atoms with Crippen LogP contribution in [0.5, 0.6) is 5.75 Å². The molecule has 0 aromatic heterocycles. The van der Waals surface area contributed by atoms with Gasteiger partial charge in [-0.25, -0.2) is 0 Å². The van der Waals surface area contributed by atoms with E-state index >= 15 is 0 Å². The van der Waals surface area contributed by atoms with Crippen LogP contribution in [0.2, 0.25) is 0 Å². The molecule has 0 radical (unpaired) electrons. The van der Waals surface area contributed by atoms with Crippen LogP contribution in [0.1, 0.15) is 64.5 Å². The fourth-order valence-electron chi connectivity index (χ4n) is 8.24. The molecule has 4 atom stereocenters. The molecule has 2 N–H and O–H groups in total. The van der Waals surface area contributed by atoms with Crippen LogP contribution in [0.25, 0.3) is 6.08 Å². The molecule has 7 heteroatoms. The maximum Gasteiger partial charge on any atom is 0.249 e. The lowest BCUT2D eigenvalue weighted by molar-refractivity contribution is -0.175. The Kier molecular flexibility index (Phi) is 3.14. The molecule has 1 aliphatic carbocycles. The zero-order valence-corrected chi connectivity index (χ0v) is 19.5. The highest BCUT2D eigenvalue weighted by Crippen LogP contribution is 2.70. The van der Waals surface area contributed by atoms with Gasteiger partial charge in [-0.15, -0.1) is 0 Å². The first kappa shape index (κ1) is 19.6.